The van der Waals surface area contributed by atoms with Gasteiger partial charge in [0.1, 0.15) is 0 Å². The number of hydroxylamine groups is 2. The highest BCUT2D eigenvalue weighted by molar-refractivity contribution is 5.82. The van der Waals surface area contributed by atoms with Gasteiger partial charge in [0.05, 0.1) is 19.8 Å². The summed E-state index contributed by atoms with van der Waals surface area (Å²) in [6.07, 6.45) is -5.29. The number of nitrogens with one attached hydrogen (secondary N) is 1. The van der Waals surface area contributed by atoms with Crippen LogP contribution in [0.4, 0.5) is 13.2 Å². The van der Waals surface area contributed by atoms with Crippen LogP contribution in [0.3, 0.4) is 0 Å². The number of aliphatic hydroxyl groups excluding tert-OH is 1. The van der Waals surface area contributed by atoms with E-state index >= 15 is 0 Å². The van der Waals surface area contributed by atoms with Crippen molar-refractivity contribution < 1.29 is 32.7 Å². The van der Waals surface area contributed by atoms with Crippen molar-refractivity contribution in [1.29, 1.82) is 0 Å². The van der Waals surface area contributed by atoms with Crippen LogP contribution < -0.4 is 5.32 Å². The lowest BCUT2D eigenvalue weighted by Gasteiger charge is -2.18. The fourth-order valence-corrected chi connectivity index (χ4v) is 1.03. The lowest BCUT2D eigenvalue weighted by atomic mass is 10.1. The maximum absolute atomic E-state index is 11.9. The molecular formula is C9H15F3N2O4. The quantitative estimate of drug-likeness (QED) is 0.658. The zero-order chi connectivity index (χ0) is 14.3. The minimum atomic E-state index is -5.01. The summed E-state index contributed by atoms with van der Waals surface area (Å²) in [5, 5.41) is 11.3. The summed E-state index contributed by atoms with van der Waals surface area (Å²) in [5.74, 6) is -2.62. The van der Waals surface area contributed by atoms with E-state index in [1.807, 2.05) is 0 Å². The molecule has 0 rings (SSSR count). The van der Waals surface area contributed by atoms with Gasteiger partial charge in [-0.3, -0.25) is 14.4 Å². The van der Waals surface area contributed by atoms with Crippen LogP contribution in [-0.2, 0) is 14.4 Å². The zero-order valence-corrected chi connectivity index (χ0v) is 9.95. The molecule has 0 saturated carbocycles. The zero-order valence-electron chi connectivity index (χ0n) is 9.95. The summed E-state index contributed by atoms with van der Waals surface area (Å²) in [4.78, 5) is 26.4. The molecule has 0 aromatic rings. The predicted octanol–water partition coefficient (Wildman–Crippen LogP) is -0.174. The number of amides is 2. The summed E-state index contributed by atoms with van der Waals surface area (Å²) in [7, 11) is 2.59. The number of rotatable bonds is 6. The number of hydrogen-bond acceptors (Lipinski definition) is 4. The summed E-state index contributed by atoms with van der Waals surface area (Å²) in [6, 6.07) is -1.13. The Morgan fingerprint density at radius 1 is 1.44 bits per heavy atom. The first kappa shape index (κ1) is 16.6. The largest absolute Gasteiger partial charge is 0.471 e. The molecule has 0 bridgehead atoms. The van der Waals surface area contributed by atoms with E-state index < -0.39 is 30.6 Å². The molecule has 2 amide bonds. The van der Waals surface area contributed by atoms with Crippen LogP contribution >= 0.6 is 0 Å². The van der Waals surface area contributed by atoms with Gasteiger partial charge >= 0.3 is 12.1 Å². The van der Waals surface area contributed by atoms with E-state index in [2.05, 4.69) is 4.84 Å². The van der Waals surface area contributed by atoms with Crippen molar-refractivity contribution in [3.63, 3.8) is 0 Å². The van der Waals surface area contributed by atoms with Gasteiger partial charge in [-0.05, 0) is 6.42 Å². The molecule has 0 aliphatic carbocycles. The number of hydrogen-bond donors (Lipinski definition) is 2. The molecule has 106 valence electrons. The Labute approximate surface area is 102 Å². The maximum Gasteiger partial charge on any atom is 0.471 e. The van der Waals surface area contributed by atoms with E-state index in [1.54, 1.807) is 5.32 Å². The first-order chi connectivity index (χ1) is 8.22. The van der Waals surface area contributed by atoms with E-state index in [0.717, 1.165) is 5.06 Å². The molecule has 0 aliphatic heterocycles. The van der Waals surface area contributed by atoms with Crippen LogP contribution in [0.1, 0.15) is 12.8 Å². The number of nitrogens with zero attached hydrogens (tertiary/aromatic N) is 1. The first-order valence-electron chi connectivity index (χ1n) is 5.01. The fourth-order valence-electron chi connectivity index (χ4n) is 1.03. The van der Waals surface area contributed by atoms with E-state index in [-0.39, 0.29) is 12.8 Å². The molecule has 0 fully saturated rings. The third-order valence-corrected chi connectivity index (χ3v) is 2.14. The molecule has 6 nitrogen and oxygen atoms in total. The SMILES string of the molecule is CON(C)C(=O)CC[C@@H](CO)NC(=O)C(F)(F)F. The van der Waals surface area contributed by atoms with Gasteiger partial charge in [-0.25, -0.2) is 5.06 Å². The number of halogens is 3. The summed E-state index contributed by atoms with van der Waals surface area (Å²) in [5.41, 5.74) is 0. The summed E-state index contributed by atoms with van der Waals surface area (Å²) < 4.78 is 35.8. The topological polar surface area (TPSA) is 78.9 Å². The smallest absolute Gasteiger partial charge is 0.394 e. The molecule has 0 heterocycles. The Kier molecular flexibility index (Phi) is 6.63. The number of alkyl halides is 3. The van der Waals surface area contributed by atoms with E-state index in [4.69, 9.17) is 5.11 Å². The van der Waals surface area contributed by atoms with Crippen molar-refractivity contribution in [3.8, 4) is 0 Å². The Morgan fingerprint density at radius 3 is 2.39 bits per heavy atom. The van der Waals surface area contributed by atoms with Gasteiger partial charge in [0.15, 0.2) is 0 Å². The number of carbonyl (C=O) groups excluding carboxylic acids is 2. The van der Waals surface area contributed by atoms with Crippen LogP contribution in [0.25, 0.3) is 0 Å². The van der Waals surface area contributed by atoms with Gasteiger partial charge in [0.25, 0.3) is 0 Å². The average molecular weight is 272 g/mol. The van der Waals surface area contributed by atoms with E-state index in [1.165, 1.54) is 14.2 Å². The summed E-state index contributed by atoms with van der Waals surface area (Å²) in [6.45, 7) is -0.689. The van der Waals surface area contributed by atoms with Gasteiger partial charge < -0.3 is 10.4 Å². The monoisotopic (exact) mass is 272 g/mol. The molecule has 0 aliphatic rings. The van der Waals surface area contributed by atoms with Gasteiger partial charge in [-0.1, -0.05) is 0 Å². The molecule has 0 unspecified atom stereocenters. The molecule has 18 heavy (non-hydrogen) atoms. The molecule has 0 aromatic carbocycles. The van der Waals surface area contributed by atoms with Gasteiger partial charge in [-0.15, -0.1) is 0 Å². The maximum atomic E-state index is 11.9. The van der Waals surface area contributed by atoms with Crippen molar-refractivity contribution in [3.05, 3.63) is 0 Å². The molecule has 1 atom stereocenters. The Morgan fingerprint density at radius 2 is 2.00 bits per heavy atom. The molecule has 9 heteroatoms. The Bertz CT molecular complexity index is 296. The molecule has 0 radical (unpaired) electrons. The second-order valence-electron chi connectivity index (χ2n) is 3.46. The van der Waals surface area contributed by atoms with Crippen molar-refractivity contribution in [2.75, 3.05) is 20.8 Å². The van der Waals surface area contributed by atoms with Crippen LogP contribution in [0.2, 0.25) is 0 Å². The van der Waals surface area contributed by atoms with E-state index in [9.17, 15) is 22.8 Å². The predicted molar refractivity (Wildman–Crippen MR) is 54.1 cm³/mol. The minimum absolute atomic E-state index is 0.120. The van der Waals surface area contributed by atoms with E-state index in [0.29, 0.717) is 0 Å². The molecule has 0 spiro atoms. The van der Waals surface area contributed by atoms with Crippen LogP contribution in [-0.4, -0.2) is 55.0 Å². The Hall–Kier alpha value is -1.35. The number of aliphatic hydroxyl groups is 1. The highest BCUT2D eigenvalue weighted by Crippen LogP contribution is 2.15. The average Bonchev–Trinajstić information content (AvgIpc) is 2.31. The molecular weight excluding hydrogens is 257 g/mol. The standard InChI is InChI=1S/C9H15F3N2O4/c1-14(18-2)7(16)4-3-6(5-15)13-8(17)9(10,11)12/h6,15H,3-5H2,1-2H3,(H,13,17)/t6-/m0/s1. The fraction of sp³-hybridized carbons (Fsp3) is 0.778. The van der Waals surface area contributed by atoms with Crippen molar-refractivity contribution >= 4 is 11.8 Å². The molecule has 0 saturated heterocycles. The van der Waals surface area contributed by atoms with Crippen LogP contribution in [0, 0.1) is 0 Å². The van der Waals surface area contributed by atoms with Gasteiger partial charge in [-0.2, -0.15) is 13.2 Å². The third kappa shape index (κ3) is 5.82. The lowest BCUT2D eigenvalue weighted by molar-refractivity contribution is -0.175. The van der Waals surface area contributed by atoms with Crippen molar-refractivity contribution in [2.24, 2.45) is 0 Å². The highest BCUT2D eigenvalue weighted by atomic mass is 19.4. The Balaban J connectivity index is 4.21. The second-order valence-corrected chi connectivity index (χ2v) is 3.46. The highest BCUT2D eigenvalue weighted by Gasteiger charge is 2.39. The lowest BCUT2D eigenvalue weighted by Crippen LogP contribution is -2.45. The van der Waals surface area contributed by atoms with Crippen molar-refractivity contribution in [2.45, 2.75) is 25.1 Å². The van der Waals surface area contributed by atoms with Crippen LogP contribution in [0.5, 0.6) is 0 Å². The number of carbonyl (C=O) groups is 2. The second kappa shape index (κ2) is 7.17. The minimum Gasteiger partial charge on any atom is -0.394 e. The van der Waals surface area contributed by atoms with Gasteiger partial charge in [0.2, 0.25) is 5.91 Å². The van der Waals surface area contributed by atoms with Gasteiger partial charge in [0, 0.05) is 13.5 Å². The van der Waals surface area contributed by atoms with Crippen LogP contribution in [0.15, 0.2) is 0 Å². The normalized spacial score (nSPS) is 13.0. The molecule has 0 aromatic heterocycles. The van der Waals surface area contributed by atoms with Crippen molar-refractivity contribution in [1.82, 2.24) is 10.4 Å². The first-order valence-corrected chi connectivity index (χ1v) is 5.01. The third-order valence-electron chi connectivity index (χ3n) is 2.14. The molecule has 2 N–H and O–H groups in total. The summed E-state index contributed by atoms with van der Waals surface area (Å²) >= 11 is 0.